The summed E-state index contributed by atoms with van der Waals surface area (Å²) in [6.07, 6.45) is 1.34. The summed E-state index contributed by atoms with van der Waals surface area (Å²) in [6, 6.07) is 2.87. The van der Waals surface area contributed by atoms with Gasteiger partial charge < -0.3 is 9.84 Å². The van der Waals surface area contributed by atoms with E-state index >= 15 is 0 Å². The van der Waals surface area contributed by atoms with Crippen LogP contribution in [0, 0.1) is 5.82 Å². The molecule has 1 saturated carbocycles. The molecule has 1 aliphatic carbocycles. The fourth-order valence-corrected chi connectivity index (χ4v) is 1.77. The predicted molar refractivity (Wildman–Crippen MR) is 53.8 cm³/mol. The van der Waals surface area contributed by atoms with Crippen LogP contribution in [0.2, 0.25) is 0 Å². The van der Waals surface area contributed by atoms with Crippen LogP contribution in [-0.4, -0.2) is 12.2 Å². The lowest BCUT2D eigenvalue weighted by molar-refractivity contribution is 0.147. The van der Waals surface area contributed by atoms with E-state index in [9.17, 15) is 9.50 Å². The van der Waals surface area contributed by atoms with E-state index in [2.05, 4.69) is 15.9 Å². The minimum atomic E-state index is -0.868. The zero-order valence-corrected chi connectivity index (χ0v) is 9.27. The number of halogens is 2. The van der Waals surface area contributed by atoms with Gasteiger partial charge in [-0.3, -0.25) is 0 Å². The Morgan fingerprint density at radius 2 is 2.14 bits per heavy atom. The fourth-order valence-electron chi connectivity index (χ4n) is 1.45. The second-order valence-corrected chi connectivity index (χ2v) is 4.35. The first kappa shape index (κ1) is 9.93. The molecule has 76 valence electrons. The van der Waals surface area contributed by atoms with E-state index in [1.54, 1.807) is 6.07 Å². The Kier molecular flexibility index (Phi) is 2.27. The molecular formula is C10H10BrFO2. The zero-order chi connectivity index (χ0) is 10.3. The van der Waals surface area contributed by atoms with Crippen molar-refractivity contribution < 1.29 is 14.2 Å². The van der Waals surface area contributed by atoms with E-state index in [0.29, 0.717) is 28.6 Å². The first-order valence-corrected chi connectivity index (χ1v) is 5.12. The predicted octanol–water partition coefficient (Wildman–Crippen LogP) is 2.58. The van der Waals surface area contributed by atoms with Crippen LogP contribution in [0.3, 0.4) is 0 Å². The number of methoxy groups -OCH3 is 1. The topological polar surface area (TPSA) is 29.5 Å². The summed E-state index contributed by atoms with van der Waals surface area (Å²) in [5, 5.41) is 9.87. The molecule has 0 aliphatic heterocycles. The Hall–Kier alpha value is -0.610. The van der Waals surface area contributed by atoms with Crippen LogP contribution in [0.25, 0.3) is 0 Å². The van der Waals surface area contributed by atoms with Crippen LogP contribution in [0.4, 0.5) is 4.39 Å². The minimum absolute atomic E-state index is 0.349. The van der Waals surface area contributed by atoms with Crippen LogP contribution in [0.1, 0.15) is 18.4 Å². The van der Waals surface area contributed by atoms with Crippen molar-refractivity contribution in [1.82, 2.24) is 0 Å². The number of ether oxygens (including phenoxy) is 1. The first-order valence-electron chi connectivity index (χ1n) is 4.33. The molecule has 1 aromatic carbocycles. The van der Waals surface area contributed by atoms with Gasteiger partial charge in [0.1, 0.15) is 11.6 Å². The number of aliphatic hydroxyl groups is 1. The van der Waals surface area contributed by atoms with Crippen molar-refractivity contribution in [3.63, 3.8) is 0 Å². The third-order valence-corrected chi connectivity index (χ3v) is 3.08. The van der Waals surface area contributed by atoms with E-state index in [4.69, 9.17) is 4.74 Å². The molecule has 0 atom stereocenters. The molecule has 14 heavy (non-hydrogen) atoms. The Morgan fingerprint density at radius 1 is 1.50 bits per heavy atom. The highest BCUT2D eigenvalue weighted by atomic mass is 79.9. The normalized spacial score (nSPS) is 18.0. The average molecular weight is 261 g/mol. The summed E-state index contributed by atoms with van der Waals surface area (Å²) in [5.74, 6) is 0.152. The second kappa shape index (κ2) is 3.21. The third-order valence-electron chi connectivity index (χ3n) is 2.47. The van der Waals surface area contributed by atoms with Gasteiger partial charge in [-0.2, -0.15) is 0 Å². The van der Waals surface area contributed by atoms with Gasteiger partial charge in [-0.15, -0.1) is 0 Å². The molecule has 0 bridgehead atoms. The van der Waals surface area contributed by atoms with Gasteiger partial charge in [-0.05, 0) is 40.9 Å². The van der Waals surface area contributed by atoms with Gasteiger partial charge in [0, 0.05) is 5.56 Å². The van der Waals surface area contributed by atoms with Crippen LogP contribution in [0.15, 0.2) is 16.6 Å². The van der Waals surface area contributed by atoms with Crippen LogP contribution in [-0.2, 0) is 5.60 Å². The van der Waals surface area contributed by atoms with Crippen molar-refractivity contribution in [2.75, 3.05) is 7.11 Å². The quantitative estimate of drug-likeness (QED) is 0.886. The molecule has 0 heterocycles. The average Bonchev–Trinajstić information content (AvgIpc) is 2.89. The highest BCUT2D eigenvalue weighted by Crippen LogP contribution is 2.49. The summed E-state index contributed by atoms with van der Waals surface area (Å²) in [6.45, 7) is 0. The summed E-state index contributed by atoms with van der Waals surface area (Å²) >= 11 is 3.07. The number of benzene rings is 1. The molecule has 2 nitrogen and oxygen atoms in total. The SMILES string of the molecule is COc1cc(Br)c(F)cc1C1(O)CC1. The highest BCUT2D eigenvalue weighted by Gasteiger charge is 2.44. The molecule has 1 fully saturated rings. The number of hydrogen-bond donors (Lipinski definition) is 1. The van der Waals surface area contributed by atoms with E-state index in [1.165, 1.54) is 13.2 Å². The maximum Gasteiger partial charge on any atom is 0.138 e. The summed E-state index contributed by atoms with van der Waals surface area (Å²) < 4.78 is 18.7. The maximum atomic E-state index is 13.2. The molecule has 1 aliphatic rings. The standard InChI is InChI=1S/C10H10BrFO2/c1-14-9-5-7(11)8(12)4-6(9)10(13)2-3-10/h4-5,13H,2-3H2,1H3. The molecule has 2 rings (SSSR count). The Morgan fingerprint density at radius 3 is 2.64 bits per heavy atom. The molecule has 0 amide bonds. The van der Waals surface area contributed by atoms with Crippen molar-refractivity contribution in [3.8, 4) is 5.75 Å². The van der Waals surface area contributed by atoms with E-state index in [-0.39, 0.29) is 5.82 Å². The Labute approximate surface area is 89.8 Å². The van der Waals surface area contributed by atoms with E-state index in [0.717, 1.165) is 0 Å². The molecule has 4 heteroatoms. The van der Waals surface area contributed by atoms with E-state index in [1.807, 2.05) is 0 Å². The lowest BCUT2D eigenvalue weighted by Crippen LogP contribution is -2.07. The van der Waals surface area contributed by atoms with Crippen molar-refractivity contribution >= 4 is 15.9 Å². The van der Waals surface area contributed by atoms with Gasteiger partial charge in [0.25, 0.3) is 0 Å². The number of rotatable bonds is 2. The summed E-state index contributed by atoms with van der Waals surface area (Å²) in [7, 11) is 1.51. The molecule has 0 radical (unpaired) electrons. The zero-order valence-electron chi connectivity index (χ0n) is 7.68. The molecule has 0 saturated heterocycles. The Bertz CT molecular complexity index is 375. The van der Waals surface area contributed by atoms with Crippen molar-refractivity contribution in [2.24, 2.45) is 0 Å². The molecule has 1 aromatic rings. The largest absolute Gasteiger partial charge is 0.496 e. The smallest absolute Gasteiger partial charge is 0.138 e. The van der Waals surface area contributed by atoms with Crippen molar-refractivity contribution in [3.05, 3.63) is 28.0 Å². The van der Waals surface area contributed by atoms with Crippen molar-refractivity contribution in [2.45, 2.75) is 18.4 Å². The van der Waals surface area contributed by atoms with Crippen LogP contribution in [0.5, 0.6) is 5.75 Å². The van der Waals surface area contributed by atoms with Crippen LogP contribution < -0.4 is 4.74 Å². The van der Waals surface area contributed by atoms with Gasteiger partial charge >= 0.3 is 0 Å². The van der Waals surface area contributed by atoms with Crippen LogP contribution >= 0.6 is 15.9 Å². The van der Waals surface area contributed by atoms with Crippen molar-refractivity contribution in [1.29, 1.82) is 0 Å². The minimum Gasteiger partial charge on any atom is -0.496 e. The monoisotopic (exact) mass is 260 g/mol. The highest BCUT2D eigenvalue weighted by molar-refractivity contribution is 9.10. The lowest BCUT2D eigenvalue weighted by atomic mass is 10.1. The molecule has 1 N–H and O–H groups in total. The molecular weight excluding hydrogens is 251 g/mol. The second-order valence-electron chi connectivity index (χ2n) is 3.50. The lowest BCUT2D eigenvalue weighted by Gasteiger charge is -2.13. The summed E-state index contributed by atoms with van der Waals surface area (Å²) in [5.41, 5.74) is -0.326. The fraction of sp³-hybridized carbons (Fsp3) is 0.400. The van der Waals surface area contributed by atoms with Gasteiger partial charge in [0.2, 0.25) is 0 Å². The molecule has 0 spiro atoms. The van der Waals surface area contributed by atoms with Gasteiger partial charge in [0.15, 0.2) is 0 Å². The van der Waals surface area contributed by atoms with Gasteiger partial charge in [-0.1, -0.05) is 0 Å². The van der Waals surface area contributed by atoms with Gasteiger partial charge in [-0.25, -0.2) is 4.39 Å². The maximum absolute atomic E-state index is 13.2. The third kappa shape index (κ3) is 1.53. The molecule has 0 unspecified atom stereocenters. The first-order chi connectivity index (χ1) is 6.57. The number of hydrogen-bond acceptors (Lipinski definition) is 2. The molecule has 0 aromatic heterocycles. The van der Waals surface area contributed by atoms with E-state index < -0.39 is 5.60 Å². The Balaban J connectivity index is 2.52. The van der Waals surface area contributed by atoms with Gasteiger partial charge in [0.05, 0.1) is 17.2 Å². The summed E-state index contributed by atoms with van der Waals surface area (Å²) in [4.78, 5) is 0.